The van der Waals surface area contributed by atoms with Gasteiger partial charge in [0.05, 0.1) is 16.1 Å². The molecule has 1 spiro atoms. The molecule has 6 aromatic carbocycles. The van der Waals surface area contributed by atoms with Crippen LogP contribution in [0.4, 0.5) is 44.8 Å². The third-order valence-electron chi connectivity index (χ3n) is 13.3. The molecule has 1 aliphatic heterocycles. The van der Waals surface area contributed by atoms with E-state index in [1.54, 1.807) is 16.9 Å². The summed E-state index contributed by atoms with van der Waals surface area (Å²) in [6.45, 7) is 14.6. The molecule has 59 heavy (non-hydrogen) atoms. The van der Waals surface area contributed by atoms with Gasteiger partial charge in [0, 0.05) is 60.2 Å². The first-order chi connectivity index (χ1) is 28.5. The van der Waals surface area contributed by atoms with Crippen molar-refractivity contribution in [2.75, 3.05) is 14.7 Å². The van der Waals surface area contributed by atoms with Gasteiger partial charge in [0.1, 0.15) is 5.00 Å². The van der Waals surface area contributed by atoms with Crippen LogP contribution in [0.3, 0.4) is 0 Å². The van der Waals surface area contributed by atoms with Crippen molar-refractivity contribution < 1.29 is 0 Å². The number of hydrogen-bond donors (Lipinski definition) is 0. The summed E-state index contributed by atoms with van der Waals surface area (Å²) in [5, 5.41) is 6.13. The number of hydrogen-bond acceptors (Lipinski definition) is 5. The van der Waals surface area contributed by atoms with Gasteiger partial charge in [-0.15, -0.1) is 22.7 Å². The van der Waals surface area contributed by atoms with Crippen molar-refractivity contribution in [3.05, 3.63) is 168 Å². The highest BCUT2D eigenvalue weighted by atomic mass is 32.1. The second-order valence-corrected chi connectivity index (χ2v) is 20.2. The Kier molecular flexibility index (Phi) is 9.26. The van der Waals surface area contributed by atoms with E-state index >= 15 is 0 Å². The molecule has 3 nitrogen and oxygen atoms in total. The number of aryl methyl sites for hydroxylation is 1. The van der Waals surface area contributed by atoms with Crippen molar-refractivity contribution >= 4 is 87.7 Å². The Hall–Kier alpha value is -5.36. The minimum absolute atomic E-state index is 0.0451. The highest BCUT2D eigenvalue weighted by Crippen LogP contribution is 2.63. The quantitative estimate of drug-likeness (QED) is 0.159. The number of thiophene rings is 2. The van der Waals surface area contributed by atoms with Gasteiger partial charge < -0.3 is 14.7 Å². The molecule has 0 bridgehead atoms. The number of nitrogens with zero attached hydrogens (tertiary/aromatic N) is 3. The number of benzene rings is 6. The van der Waals surface area contributed by atoms with E-state index < -0.39 is 0 Å². The summed E-state index contributed by atoms with van der Waals surface area (Å²) in [6, 6.07) is 54.1. The van der Waals surface area contributed by atoms with Gasteiger partial charge in [-0.25, -0.2) is 0 Å². The van der Waals surface area contributed by atoms with Crippen molar-refractivity contribution in [3.8, 4) is 0 Å². The van der Waals surface area contributed by atoms with E-state index in [1.807, 2.05) is 11.3 Å². The first-order valence-corrected chi connectivity index (χ1v) is 23.0. The number of rotatable bonds is 7. The van der Waals surface area contributed by atoms with Crippen LogP contribution in [-0.2, 0) is 10.8 Å². The highest BCUT2D eigenvalue weighted by molar-refractivity contribution is 7.26. The fraction of sp³-hybridized carbons (Fsp3) is 0.259. The van der Waals surface area contributed by atoms with Gasteiger partial charge in [0.2, 0.25) is 0 Å². The van der Waals surface area contributed by atoms with E-state index in [1.165, 1.54) is 91.2 Å². The van der Waals surface area contributed by atoms with E-state index in [0.717, 1.165) is 17.1 Å². The van der Waals surface area contributed by atoms with E-state index in [4.69, 9.17) is 0 Å². The molecule has 10 rings (SSSR count). The second-order valence-electron chi connectivity index (χ2n) is 18.3. The fourth-order valence-electron chi connectivity index (χ4n) is 10.6. The molecule has 1 aliphatic carbocycles. The van der Waals surface area contributed by atoms with Crippen molar-refractivity contribution in [1.82, 2.24) is 0 Å². The molecule has 0 atom stereocenters. The average Bonchev–Trinajstić information content (AvgIpc) is 3.91. The van der Waals surface area contributed by atoms with Crippen LogP contribution < -0.4 is 14.7 Å². The Labute approximate surface area is 358 Å². The minimum atomic E-state index is -0.125. The third kappa shape index (κ3) is 6.19. The molecule has 1 fully saturated rings. The SMILES string of the molecule is Cc1cc(N(c2csc(N(c3ccccc3)c3ccccc3)c2)c2cccc3c2sc2ccccc23)cc(N2c3cccc(C(C)(C)C)c3C3(CCCCC3)C2(C)C)c1. The Morgan fingerprint density at radius 2 is 1.27 bits per heavy atom. The van der Waals surface area contributed by atoms with Crippen LogP contribution >= 0.6 is 22.7 Å². The van der Waals surface area contributed by atoms with Crippen molar-refractivity contribution in [2.45, 2.75) is 90.0 Å². The van der Waals surface area contributed by atoms with Crippen LogP contribution in [0.25, 0.3) is 20.2 Å². The zero-order valence-electron chi connectivity index (χ0n) is 35.1. The van der Waals surface area contributed by atoms with Gasteiger partial charge in [-0.05, 0) is 122 Å². The molecule has 1 saturated carbocycles. The summed E-state index contributed by atoms with van der Waals surface area (Å²) < 4.78 is 2.61. The largest absolute Gasteiger partial charge is 0.335 e. The van der Waals surface area contributed by atoms with Crippen LogP contribution in [0.5, 0.6) is 0 Å². The van der Waals surface area contributed by atoms with Crippen LogP contribution in [0.2, 0.25) is 0 Å². The molecule has 2 aromatic heterocycles. The maximum absolute atomic E-state index is 2.74. The topological polar surface area (TPSA) is 9.72 Å². The summed E-state index contributed by atoms with van der Waals surface area (Å²) in [6.07, 6.45) is 6.35. The maximum Gasteiger partial charge on any atom is 0.102 e. The predicted octanol–water partition coefficient (Wildman–Crippen LogP) is 16.8. The van der Waals surface area contributed by atoms with Gasteiger partial charge in [-0.3, -0.25) is 0 Å². The van der Waals surface area contributed by atoms with E-state index in [9.17, 15) is 0 Å². The molecule has 0 N–H and O–H groups in total. The summed E-state index contributed by atoms with van der Waals surface area (Å²) >= 11 is 3.69. The highest BCUT2D eigenvalue weighted by Gasteiger charge is 2.58. The molecule has 0 unspecified atom stereocenters. The molecule has 8 aromatic rings. The van der Waals surface area contributed by atoms with Gasteiger partial charge >= 0.3 is 0 Å². The second kappa shape index (κ2) is 14.4. The van der Waals surface area contributed by atoms with E-state index in [2.05, 4.69) is 207 Å². The zero-order valence-corrected chi connectivity index (χ0v) is 36.8. The van der Waals surface area contributed by atoms with Crippen molar-refractivity contribution in [2.24, 2.45) is 0 Å². The predicted molar refractivity (Wildman–Crippen MR) is 257 cm³/mol. The Morgan fingerprint density at radius 1 is 0.610 bits per heavy atom. The smallest absolute Gasteiger partial charge is 0.102 e. The normalized spacial score (nSPS) is 15.9. The lowest BCUT2D eigenvalue weighted by molar-refractivity contribution is 0.197. The van der Waals surface area contributed by atoms with Crippen LogP contribution in [0.1, 0.15) is 83.4 Å². The zero-order chi connectivity index (χ0) is 40.5. The van der Waals surface area contributed by atoms with E-state index in [-0.39, 0.29) is 16.4 Å². The summed E-state index contributed by atoms with van der Waals surface area (Å²) in [5.74, 6) is 0. The molecular formula is C54H53N3S2. The van der Waals surface area contributed by atoms with Crippen LogP contribution in [0.15, 0.2) is 151 Å². The van der Waals surface area contributed by atoms with Gasteiger partial charge in [-0.2, -0.15) is 0 Å². The maximum atomic E-state index is 2.74. The van der Waals surface area contributed by atoms with Crippen LogP contribution in [0, 0.1) is 6.92 Å². The van der Waals surface area contributed by atoms with Gasteiger partial charge in [0.25, 0.3) is 0 Å². The average molecular weight is 808 g/mol. The standard InChI is InChI=1S/C54H53N3S2/c1-37-32-40(34-41(33-37)57-46-27-19-26-45(52(2,3)4)50(46)54(53(57,5)6)30-16-9-17-31-54)55(47-28-18-25-44-43-24-14-15-29-48(43)59-51(44)47)42-35-49(58-36-42)56(38-20-10-7-11-21-38)39-22-12-8-13-23-39/h7-8,10-15,18-29,32-36H,9,16-17,30-31H2,1-6H3. The molecule has 2 aliphatic rings. The van der Waals surface area contributed by atoms with Crippen molar-refractivity contribution in [3.63, 3.8) is 0 Å². The summed E-state index contributed by atoms with van der Waals surface area (Å²) in [4.78, 5) is 7.66. The fourth-order valence-corrected chi connectivity index (χ4v) is 12.7. The van der Waals surface area contributed by atoms with E-state index in [0.29, 0.717) is 0 Å². The first kappa shape index (κ1) is 37.9. The number of anilines is 8. The first-order valence-electron chi connectivity index (χ1n) is 21.3. The lowest BCUT2D eigenvalue weighted by Gasteiger charge is -2.49. The molecule has 296 valence electrons. The van der Waals surface area contributed by atoms with Crippen molar-refractivity contribution in [1.29, 1.82) is 0 Å². The third-order valence-corrected chi connectivity index (χ3v) is 15.4. The molecule has 0 saturated heterocycles. The summed E-state index contributed by atoms with van der Waals surface area (Å²) in [5.41, 5.74) is 12.8. The Bertz CT molecular complexity index is 2760. The Balaban J connectivity index is 1.19. The monoisotopic (exact) mass is 807 g/mol. The van der Waals surface area contributed by atoms with Gasteiger partial charge in [0.15, 0.2) is 0 Å². The van der Waals surface area contributed by atoms with Gasteiger partial charge in [-0.1, -0.05) is 119 Å². The lowest BCUT2D eigenvalue weighted by Crippen LogP contribution is -2.53. The molecule has 0 amide bonds. The molecule has 0 radical (unpaired) electrons. The summed E-state index contributed by atoms with van der Waals surface area (Å²) in [7, 11) is 0. The number of para-hydroxylation sites is 2. The molecule has 3 heterocycles. The lowest BCUT2D eigenvalue weighted by atomic mass is 9.59. The molecular weight excluding hydrogens is 755 g/mol. The van der Waals surface area contributed by atoms with Crippen LogP contribution in [-0.4, -0.2) is 5.54 Å². The minimum Gasteiger partial charge on any atom is -0.335 e. The number of fused-ring (bicyclic) bond motifs is 5. The Morgan fingerprint density at radius 3 is 1.98 bits per heavy atom. The molecule has 5 heteroatoms.